The summed E-state index contributed by atoms with van der Waals surface area (Å²) in [6, 6.07) is 0. The van der Waals surface area contributed by atoms with E-state index in [4.69, 9.17) is 4.74 Å². The molecule has 0 aromatic heterocycles. The van der Waals surface area contributed by atoms with Crippen LogP contribution >= 0.6 is 0 Å². The van der Waals surface area contributed by atoms with Crippen LogP contribution in [0.1, 0.15) is 99.8 Å². The van der Waals surface area contributed by atoms with Crippen LogP contribution in [0.25, 0.3) is 0 Å². The first kappa shape index (κ1) is 25.4. The van der Waals surface area contributed by atoms with Gasteiger partial charge in [0.05, 0.1) is 17.6 Å². The van der Waals surface area contributed by atoms with Crippen molar-refractivity contribution < 1.29 is 24.5 Å². The number of hydrogen-bond acceptors (Lipinski definition) is 5. The summed E-state index contributed by atoms with van der Waals surface area (Å²) in [5, 5.41) is 21.9. The average Bonchev–Trinajstić information content (AvgIpc) is 2.96. The van der Waals surface area contributed by atoms with E-state index in [0.717, 1.165) is 25.7 Å². The number of fused-ring (bicyclic) bond motifs is 5. The van der Waals surface area contributed by atoms with Gasteiger partial charge in [-0.1, -0.05) is 46.3 Å². The fraction of sp³-hybridized carbons (Fsp3) is 0.867. The van der Waals surface area contributed by atoms with Gasteiger partial charge in [-0.2, -0.15) is 0 Å². The van der Waals surface area contributed by atoms with Gasteiger partial charge in [0.15, 0.2) is 0 Å². The lowest BCUT2D eigenvalue weighted by Crippen LogP contribution is -2.57. The Labute approximate surface area is 211 Å². The van der Waals surface area contributed by atoms with Crippen LogP contribution < -0.4 is 0 Å². The number of hydrogen-bond donors (Lipinski definition) is 2. The summed E-state index contributed by atoms with van der Waals surface area (Å²) in [5.41, 5.74) is -0.138. The normalized spacial score (nSPS) is 49.5. The number of aliphatic hydroxyl groups is 2. The van der Waals surface area contributed by atoms with Crippen LogP contribution in [-0.2, 0) is 14.3 Å². The van der Waals surface area contributed by atoms with Crippen molar-refractivity contribution in [3.63, 3.8) is 0 Å². The van der Waals surface area contributed by atoms with Gasteiger partial charge in [-0.3, -0.25) is 9.59 Å². The fourth-order valence-corrected chi connectivity index (χ4v) is 9.89. The van der Waals surface area contributed by atoms with E-state index < -0.39 is 17.8 Å². The molecule has 5 rings (SSSR count). The first-order valence-electron chi connectivity index (χ1n) is 13.9. The van der Waals surface area contributed by atoms with E-state index in [1.54, 1.807) is 13.8 Å². The zero-order valence-electron chi connectivity index (χ0n) is 22.8. The van der Waals surface area contributed by atoms with Crippen molar-refractivity contribution in [1.82, 2.24) is 0 Å². The highest BCUT2D eigenvalue weighted by molar-refractivity contribution is 5.85. The Bertz CT molecular complexity index is 958. The highest BCUT2D eigenvalue weighted by atomic mass is 16.6. The molecular formula is C30H46O5. The van der Waals surface area contributed by atoms with Gasteiger partial charge in [-0.15, -0.1) is 0 Å². The van der Waals surface area contributed by atoms with Crippen molar-refractivity contribution in [2.24, 2.45) is 45.3 Å². The van der Waals surface area contributed by atoms with Gasteiger partial charge >= 0.3 is 5.97 Å². The molecular weight excluding hydrogens is 440 g/mol. The largest absolute Gasteiger partial charge is 0.459 e. The van der Waals surface area contributed by atoms with E-state index >= 15 is 0 Å². The van der Waals surface area contributed by atoms with Crippen LogP contribution in [0.4, 0.5) is 0 Å². The van der Waals surface area contributed by atoms with Crippen molar-refractivity contribution in [3.8, 4) is 0 Å². The Kier molecular flexibility index (Phi) is 5.57. The Balaban J connectivity index is 1.48. The molecule has 3 saturated carbocycles. The summed E-state index contributed by atoms with van der Waals surface area (Å²) in [6.45, 7) is 14.8. The molecule has 0 aromatic rings. The van der Waals surface area contributed by atoms with E-state index in [9.17, 15) is 19.8 Å². The van der Waals surface area contributed by atoms with Gasteiger partial charge in [0.25, 0.3) is 0 Å². The topological polar surface area (TPSA) is 83.8 Å². The van der Waals surface area contributed by atoms with Crippen molar-refractivity contribution >= 4 is 11.8 Å². The van der Waals surface area contributed by atoms with Crippen LogP contribution in [0.5, 0.6) is 0 Å². The maximum absolute atomic E-state index is 13.2. The number of Topliss-reactive ketones (excluding diaryl/α,β-unsaturated/α-hetero) is 1. The van der Waals surface area contributed by atoms with E-state index in [2.05, 4.69) is 40.7 Å². The number of aliphatic hydroxyl groups excluding tert-OH is 1. The molecule has 5 aliphatic rings. The summed E-state index contributed by atoms with van der Waals surface area (Å²) in [6.07, 6.45) is 7.93. The third-order valence-corrected chi connectivity index (χ3v) is 12.2. The summed E-state index contributed by atoms with van der Waals surface area (Å²) in [4.78, 5) is 26.1. The van der Waals surface area contributed by atoms with E-state index in [1.807, 2.05) is 0 Å². The smallest absolute Gasteiger partial charge is 0.309 e. The molecule has 1 saturated heterocycles. The van der Waals surface area contributed by atoms with Gasteiger partial charge < -0.3 is 14.9 Å². The van der Waals surface area contributed by atoms with Gasteiger partial charge in [-0.05, 0) is 86.9 Å². The van der Waals surface area contributed by atoms with E-state index in [0.29, 0.717) is 43.3 Å². The minimum Gasteiger partial charge on any atom is -0.459 e. The summed E-state index contributed by atoms with van der Waals surface area (Å²) >= 11 is 0. The van der Waals surface area contributed by atoms with Crippen molar-refractivity contribution in [2.75, 3.05) is 0 Å². The minimum absolute atomic E-state index is 0.0958. The maximum Gasteiger partial charge on any atom is 0.309 e. The molecule has 196 valence electrons. The third-order valence-electron chi connectivity index (χ3n) is 12.2. The summed E-state index contributed by atoms with van der Waals surface area (Å²) < 4.78 is 5.76. The van der Waals surface area contributed by atoms with Crippen LogP contribution in [0.2, 0.25) is 0 Å². The fourth-order valence-electron chi connectivity index (χ4n) is 9.89. The lowest BCUT2D eigenvalue weighted by molar-refractivity contribution is -0.184. The van der Waals surface area contributed by atoms with E-state index in [1.165, 1.54) is 5.57 Å². The maximum atomic E-state index is 13.2. The monoisotopic (exact) mass is 486 g/mol. The van der Waals surface area contributed by atoms with Crippen LogP contribution in [0, 0.1) is 45.3 Å². The molecule has 4 fully saturated rings. The Morgan fingerprint density at radius 2 is 1.71 bits per heavy atom. The number of esters is 1. The summed E-state index contributed by atoms with van der Waals surface area (Å²) in [5.74, 6) is 0.463. The Morgan fingerprint density at radius 3 is 2.34 bits per heavy atom. The summed E-state index contributed by atoms with van der Waals surface area (Å²) in [7, 11) is 0. The van der Waals surface area contributed by atoms with Crippen LogP contribution in [0.15, 0.2) is 11.6 Å². The van der Waals surface area contributed by atoms with Gasteiger partial charge in [-0.25, -0.2) is 0 Å². The van der Waals surface area contributed by atoms with Gasteiger partial charge in [0.2, 0.25) is 0 Å². The second-order valence-corrected chi connectivity index (χ2v) is 14.5. The highest BCUT2D eigenvalue weighted by Crippen LogP contribution is 2.73. The van der Waals surface area contributed by atoms with E-state index in [-0.39, 0.29) is 39.5 Å². The number of allylic oxidation sites excluding steroid dienone is 2. The number of rotatable bonds is 2. The molecule has 4 aliphatic carbocycles. The Morgan fingerprint density at radius 1 is 1.03 bits per heavy atom. The number of ether oxygens (including phenoxy) is 1. The van der Waals surface area contributed by atoms with Crippen LogP contribution in [0.3, 0.4) is 0 Å². The van der Waals surface area contributed by atoms with Crippen LogP contribution in [-0.4, -0.2) is 39.8 Å². The number of carbonyl (C=O) groups excluding carboxylic acids is 2. The van der Waals surface area contributed by atoms with Crippen molar-refractivity contribution in [3.05, 3.63) is 11.6 Å². The van der Waals surface area contributed by atoms with Gasteiger partial charge in [0, 0.05) is 17.8 Å². The van der Waals surface area contributed by atoms with Crippen molar-refractivity contribution in [2.45, 2.75) is 118 Å². The zero-order chi connectivity index (χ0) is 25.8. The minimum atomic E-state index is -1.06. The van der Waals surface area contributed by atoms with Gasteiger partial charge in [0.1, 0.15) is 11.9 Å². The second-order valence-electron chi connectivity index (χ2n) is 14.5. The number of carbonyl (C=O) groups is 2. The predicted octanol–water partition coefficient (Wildman–Crippen LogP) is 5.22. The molecule has 0 bridgehead atoms. The predicted molar refractivity (Wildman–Crippen MR) is 134 cm³/mol. The lowest BCUT2D eigenvalue weighted by atomic mass is 9.41. The second kappa shape index (κ2) is 7.66. The molecule has 9 atom stereocenters. The molecule has 5 heteroatoms. The number of cyclic esters (lactones) is 1. The lowest BCUT2D eigenvalue weighted by Gasteiger charge is -2.63. The zero-order valence-corrected chi connectivity index (χ0v) is 22.8. The molecule has 0 unspecified atom stereocenters. The number of ketones is 1. The standard InChI is InChI=1S/C30H46O5/c1-26(2)21-10-9-19-18(28(21,5)14-13-22(26)32)12-15-29(6)24(20(31)16-30(19,29)7)17-8-11-23(27(3,4)34)35-25(17)33/h9,17-18,20-21,23-24,31,34H,8,10-16H2,1-7H3/t17-,18+,20+,21+,23+,24-,28-,29+,30-/m1/s1. The highest BCUT2D eigenvalue weighted by Gasteiger charge is 2.68. The molecule has 0 spiro atoms. The molecule has 5 nitrogen and oxygen atoms in total. The first-order chi connectivity index (χ1) is 16.1. The molecule has 2 N–H and O–H groups in total. The van der Waals surface area contributed by atoms with Crippen molar-refractivity contribution in [1.29, 1.82) is 0 Å². The molecule has 1 heterocycles. The molecule has 1 aliphatic heterocycles. The average molecular weight is 487 g/mol. The quantitative estimate of drug-likeness (QED) is 0.413. The molecule has 0 aromatic carbocycles. The third kappa shape index (κ3) is 3.32. The first-order valence-corrected chi connectivity index (χ1v) is 13.9. The molecule has 35 heavy (non-hydrogen) atoms. The molecule has 0 radical (unpaired) electrons. The molecule has 0 amide bonds. The Hall–Kier alpha value is -1.20. The SMILES string of the molecule is CC(C)(O)[C@@H]1CC[C@H]([C@@H]2[C@@H](O)C[C@]3(C)C4=CC[C@H]5C(C)(C)C(=O)CC[C@]5(C)[C@H]4CC[C@@]23C)C(=O)O1.